The molecule has 3 rings (SSSR count). The summed E-state index contributed by atoms with van der Waals surface area (Å²) in [5.74, 6) is 0.777. The molecule has 0 radical (unpaired) electrons. The first-order valence-electron chi connectivity index (χ1n) is 7.01. The van der Waals surface area contributed by atoms with Crippen LogP contribution in [0.3, 0.4) is 0 Å². The number of hydrogen-bond donors (Lipinski definition) is 1. The summed E-state index contributed by atoms with van der Waals surface area (Å²) in [7, 11) is 0. The Bertz CT molecular complexity index is 831. The van der Waals surface area contributed by atoms with E-state index in [1.165, 1.54) is 0 Å². The number of hydrogen-bond acceptors (Lipinski definition) is 3. The van der Waals surface area contributed by atoms with Crippen molar-refractivity contribution < 1.29 is 4.74 Å². The summed E-state index contributed by atoms with van der Waals surface area (Å²) in [4.78, 5) is 4.88. The molecule has 0 amide bonds. The Kier molecular flexibility index (Phi) is 4.02. The smallest absolute Gasteiger partial charge is 0.120 e. The number of nitrogens with two attached hydrogens (primary N) is 1. The maximum absolute atomic E-state index is 5.85. The van der Waals surface area contributed by atoms with E-state index in [4.69, 9.17) is 22.7 Å². The van der Waals surface area contributed by atoms with E-state index in [1.807, 2.05) is 61.5 Å². The first-order chi connectivity index (χ1) is 10.6. The van der Waals surface area contributed by atoms with Gasteiger partial charge >= 0.3 is 0 Å². The monoisotopic (exact) mass is 308 g/mol. The molecular weight excluding hydrogens is 292 g/mol. The second-order valence-electron chi connectivity index (χ2n) is 5.13. The van der Waals surface area contributed by atoms with E-state index in [1.54, 1.807) is 0 Å². The lowest BCUT2D eigenvalue weighted by Crippen LogP contribution is -2.11. The van der Waals surface area contributed by atoms with E-state index in [2.05, 4.69) is 4.98 Å². The zero-order valence-electron chi connectivity index (χ0n) is 12.2. The molecule has 1 heterocycles. The van der Waals surface area contributed by atoms with Gasteiger partial charge in [-0.2, -0.15) is 0 Å². The van der Waals surface area contributed by atoms with Crippen LogP contribution in [0, 0.1) is 6.92 Å². The maximum atomic E-state index is 5.85. The lowest BCUT2D eigenvalue weighted by atomic mass is 10.1. The average molecular weight is 308 g/mol. The zero-order chi connectivity index (χ0) is 15.5. The number of benzene rings is 2. The summed E-state index contributed by atoms with van der Waals surface area (Å²) in [6, 6.07) is 17.8. The summed E-state index contributed by atoms with van der Waals surface area (Å²) < 4.78 is 5.85. The zero-order valence-corrected chi connectivity index (χ0v) is 13.1. The Morgan fingerprint density at radius 1 is 1.14 bits per heavy atom. The van der Waals surface area contributed by atoms with Crippen LogP contribution in [0.2, 0.25) is 0 Å². The predicted molar refractivity (Wildman–Crippen MR) is 93.1 cm³/mol. The Morgan fingerprint density at radius 2 is 1.91 bits per heavy atom. The van der Waals surface area contributed by atoms with Crippen molar-refractivity contribution in [1.82, 2.24) is 4.98 Å². The fourth-order valence-electron chi connectivity index (χ4n) is 2.37. The quantitative estimate of drug-likeness (QED) is 0.746. The summed E-state index contributed by atoms with van der Waals surface area (Å²) in [5, 5.41) is 0.920. The predicted octanol–water partition coefficient (Wildman–Crippen LogP) is 3.76. The van der Waals surface area contributed by atoms with Gasteiger partial charge in [0.05, 0.1) is 5.52 Å². The van der Waals surface area contributed by atoms with Crippen molar-refractivity contribution in [2.75, 3.05) is 0 Å². The van der Waals surface area contributed by atoms with Crippen LogP contribution >= 0.6 is 12.2 Å². The van der Waals surface area contributed by atoms with Crippen LogP contribution in [-0.2, 0) is 6.61 Å². The number of ether oxygens (including phenoxy) is 1. The Balaban J connectivity index is 1.93. The molecule has 4 heteroatoms. The molecule has 2 aromatic carbocycles. The third kappa shape index (κ3) is 3.07. The summed E-state index contributed by atoms with van der Waals surface area (Å²) in [6.45, 7) is 2.45. The van der Waals surface area contributed by atoms with E-state index in [0.29, 0.717) is 11.6 Å². The number of pyridine rings is 1. The first kappa shape index (κ1) is 14.5. The molecule has 0 fully saturated rings. The van der Waals surface area contributed by atoms with Crippen LogP contribution < -0.4 is 10.5 Å². The highest BCUT2D eigenvalue weighted by Gasteiger charge is 2.08. The number of rotatable bonds is 4. The number of thiocarbonyl (C=S) groups is 1. The van der Waals surface area contributed by atoms with Crippen molar-refractivity contribution in [3.05, 3.63) is 71.4 Å². The van der Waals surface area contributed by atoms with Crippen LogP contribution in [0.25, 0.3) is 10.9 Å². The minimum atomic E-state index is 0.371. The highest BCUT2D eigenvalue weighted by molar-refractivity contribution is 7.80. The number of fused-ring (bicyclic) bond motifs is 1. The Morgan fingerprint density at radius 3 is 2.64 bits per heavy atom. The first-order valence-corrected chi connectivity index (χ1v) is 7.42. The van der Waals surface area contributed by atoms with Gasteiger partial charge in [-0.1, -0.05) is 42.5 Å². The van der Waals surface area contributed by atoms with Gasteiger partial charge in [0.25, 0.3) is 0 Å². The minimum absolute atomic E-state index is 0.371. The van der Waals surface area contributed by atoms with Gasteiger partial charge in [-0.25, -0.2) is 0 Å². The largest absolute Gasteiger partial charge is 0.489 e. The molecule has 3 nitrogen and oxygen atoms in total. The molecule has 22 heavy (non-hydrogen) atoms. The third-order valence-electron chi connectivity index (χ3n) is 3.42. The fourth-order valence-corrected chi connectivity index (χ4v) is 2.54. The fraction of sp³-hybridized carbons (Fsp3) is 0.111. The van der Waals surface area contributed by atoms with Gasteiger partial charge in [0, 0.05) is 16.6 Å². The molecule has 110 valence electrons. The lowest BCUT2D eigenvalue weighted by Gasteiger charge is -2.10. The maximum Gasteiger partial charge on any atom is 0.120 e. The van der Waals surface area contributed by atoms with Gasteiger partial charge in [-0.05, 0) is 36.8 Å². The van der Waals surface area contributed by atoms with E-state index in [9.17, 15) is 0 Å². The number of aryl methyl sites for hydroxylation is 1. The standard InChI is InChI=1S/C18H16N2OS/c1-12-9-16(18(19)22)15-10-14(7-8-17(15)20-12)21-11-13-5-3-2-4-6-13/h2-10H,11H2,1H3,(H2,19,22). The van der Waals surface area contributed by atoms with Crippen molar-refractivity contribution in [3.8, 4) is 5.75 Å². The van der Waals surface area contributed by atoms with Gasteiger partial charge in [0.15, 0.2) is 0 Å². The topological polar surface area (TPSA) is 48.1 Å². The Hall–Kier alpha value is -2.46. The molecule has 0 unspecified atom stereocenters. The molecule has 0 aliphatic carbocycles. The summed E-state index contributed by atoms with van der Waals surface area (Å²) in [6.07, 6.45) is 0. The molecule has 3 aromatic rings. The van der Waals surface area contributed by atoms with E-state index < -0.39 is 0 Å². The molecule has 0 spiro atoms. The second kappa shape index (κ2) is 6.12. The summed E-state index contributed by atoms with van der Waals surface area (Å²) in [5.41, 5.74) is 9.55. The number of nitrogens with zero attached hydrogens (tertiary/aromatic N) is 1. The molecule has 0 aliphatic heterocycles. The van der Waals surface area contributed by atoms with Crippen LogP contribution in [0.5, 0.6) is 5.75 Å². The van der Waals surface area contributed by atoms with Crippen LogP contribution in [0.1, 0.15) is 16.8 Å². The van der Waals surface area contributed by atoms with Crippen molar-refractivity contribution >= 4 is 28.1 Å². The van der Waals surface area contributed by atoms with E-state index >= 15 is 0 Å². The van der Waals surface area contributed by atoms with Crippen molar-refractivity contribution in [1.29, 1.82) is 0 Å². The average Bonchev–Trinajstić information content (AvgIpc) is 2.53. The van der Waals surface area contributed by atoms with E-state index in [0.717, 1.165) is 33.5 Å². The van der Waals surface area contributed by atoms with Crippen molar-refractivity contribution in [2.24, 2.45) is 5.73 Å². The van der Waals surface area contributed by atoms with Crippen LogP contribution in [-0.4, -0.2) is 9.97 Å². The van der Waals surface area contributed by atoms with Gasteiger partial charge in [-0.3, -0.25) is 4.98 Å². The molecule has 0 saturated carbocycles. The Labute approximate surface area is 134 Å². The molecule has 1 aromatic heterocycles. The molecule has 0 saturated heterocycles. The minimum Gasteiger partial charge on any atom is -0.489 e. The van der Waals surface area contributed by atoms with Gasteiger partial charge < -0.3 is 10.5 Å². The molecule has 0 bridgehead atoms. The normalized spacial score (nSPS) is 10.6. The molecule has 0 atom stereocenters. The molecular formula is C18H16N2OS. The third-order valence-corrected chi connectivity index (χ3v) is 3.64. The van der Waals surface area contributed by atoms with Crippen molar-refractivity contribution in [2.45, 2.75) is 13.5 Å². The van der Waals surface area contributed by atoms with Crippen LogP contribution in [0.15, 0.2) is 54.6 Å². The van der Waals surface area contributed by atoms with Crippen LogP contribution in [0.4, 0.5) is 0 Å². The van der Waals surface area contributed by atoms with Gasteiger partial charge in [0.2, 0.25) is 0 Å². The summed E-state index contributed by atoms with van der Waals surface area (Å²) >= 11 is 5.14. The van der Waals surface area contributed by atoms with Crippen molar-refractivity contribution in [3.63, 3.8) is 0 Å². The lowest BCUT2D eigenvalue weighted by molar-refractivity contribution is 0.306. The van der Waals surface area contributed by atoms with Gasteiger partial charge in [0.1, 0.15) is 17.3 Å². The number of aromatic nitrogens is 1. The van der Waals surface area contributed by atoms with Gasteiger partial charge in [-0.15, -0.1) is 0 Å². The SMILES string of the molecule is Cc1cc(C(N)=S)c2cc(OCc3ccccc3)ccc2n1. The van der Waals surface area contributed by atoms with E-state index in [-0.39, 0.29) is 0 Å². The molecule has 2 N–H and O–H groups in total. The highest BCUT2D eigenvalue weighted by atomic mass is 32.1. The molecule has 0 aliphatic rings. The highest BCUT2D eigenvalue weighted by Crippen LogP contribution is 2.24. The second-order valence-corrected chi connectivity index (χ2v) is 5.57.